The Kier molecular flexibility index (Phi) is 4.45. The van der Waals surface area contributed by atoms with E-state index in [0.29, 0.717) is 5.69 Å². The van der Waals surface area contributed by atoms with Gasteiger partial charge in [0.05, 0.1) is 5.69 Å². The smallest absolute Gasteiger partial charge is 0.242 e. The average Bonchev–Trinajstić information content (AvgIpc) is 2.90. The maximum Gasteiger partial charge on any atom is 0.242 e. The van der Waals surface area contributed by atoms with E-state index < -0.39 is 21.5 Å². The minimum atomic E-state index is -3.62. The fourth-order valence-corrected chi connectivity index (χ4v) is 4.27. The summed E-state index contributed by atoms with van der Waals surface area (Å²) in [7, 11) is -3.62. The molecule has 0 aliphatic carbocycles. The molecular weight excluding hydrogens is 328 g/mol. The van der Waals surface area contributed by atoms with Crippen LogP contribution in [0, 0.1) is 6.92 Å². The van der Waals surface area contributed by atoms with Gasteiger partial charge >= 0.3 is 0 Å². The molecule has 0 radical (unpaired) electrons. The predicted molar refractivity (Wildman–Crippen MR) is 90.4 cm³/mol. The summed E-state index contributed by atoms with van der Waals surface area (Å²) in [4.78, 5) is 14.3. The molecule has 1 amide bonds. The zero-order chi connectivity index (χ0) is 17.3. The van der Waals surface area contributed by atoms with Crippen molar-refractivity contribution in [3.8, 4) is 0 Å². The number of anilines is 1. The molecule has 0 N–H and O–H groups in total. The first kappa shape index (κ1) is 16.7. The lowest BCUT2D eigenvalue weighted by Gasteiger charge is -2.35. The van der Waals surface area contributed by atoms with Gasteiger partial charge in [0, 0.05) is 17.8 Å². The second kappa shape index (κ2) is 6.39. The van der Waals surface area contributed by atoms with Crippen LogP contribution in [0.4, 0.5) is 5.69 Å². The predicted octanol–water partition coefficient (Wildman–Crippen LogP) is 2.27. The minimum Gasteiger partial charge on any atom is -0.360 e. The van der Waals surface area contributed by atoms with E-state index in [-0.39, 0.29) is 17.6 Å². The number of benzene rings is 1. The molecule has 24 heavy (non-hydrogen) atoms. The number of aromatic nitrogens is 1. The lowest BCUT2D eigenvalue weighted by Crippen LogP contribution is -2.45. The van der Waals surface area contributed by atoms with Crippen LogP contribution in [0.25, 0.3) is 0 Å². The van der Waals surface area contributed by atoms with Gasteiger partial charge in [-0.05, 0) is 38.3 Å². The Morgan fingerprint density at radius 3 is 2.83 bits per heavy atom. The largest absolute Gasteiger partial charge is 0.360 e. The normalized spacial score (nSPS) is 17.6. The molecule has 2 aromatic rings. The first-order valence-electron chi connectivity index (χ1n) is 7.88. The number of amides is 1. The first-order chi connectivity index (χ1) is 11.4. The Morgan fingerprint density at radius 2 is 2.12 bits per heavy atom. The molecule has 0 saturated carbocycles. The van der Waals surface area contributed by atoms with Crippen molar-refractivity contribution in [3.05, 3.63) is 47.3 Å². The Bertz CT molecular complexity index is 857. The Morgan fingerprint density at radius 1 is 1.38 bits per heavy atom. The van der Waals surface area contributed by atoms with E-state index in [4.69, 9.17) is 4.52 Å². The number of carbonyl (C=O) groups is 1. The summed E-state index contributed by atoms with van der Waals surface area (Å²) in [5.41, 5.74) is 2.50. The van der Waals surface area contributed by atoms with E-state index in [9.17, 15) is 13.2 Å². The van der Waals surface area contributed by atoms with Crippen molar-refractivity contribution >= 4 is 21.4 Å². The SMILES string of the molecule is Cc1cc(CS(=O)(=O)CC(=O)N2c3ccccc3CCC2C)on1. The van der Waals surface area contributed by atoms with E-state index in [1.165, 1.54) is 0 Å². The molecule has 6 nitrogen and oxygen atoms in total. The molecule has 0 fully saturated rings. The Labute approximate surface area is 141 Å². The zero-order valence-electron chi connectivity index (χ0n) is 13.7. The molecular formula is C17H20N2O4S. The second-order valence-electron chi connectivity index (χ2n) is 6.25. The van der Waals surface area contributed by atoms with E-state index in [1.807, 2.05) is 31.2 Å². The van der Waals surface area contributed by atoms with Crippen LogP contribution in [0.2, 0.25) is 0 Å². The van der Waals surface area contributed by atoms with Gasteiger partial charge in [0.15, 0.2) is 15.6 Å². The van der Waals surface area contributed by atoms with Gasteiger partial charge in [-0.3, -0.25) is 4.79 Å². The lowest BCUT2D eigenvalue weighted by molar-refractivity contribution is -0.116. The number of sulfone groups is 1. The van der Waals surface area contributed by atoms with Gasteiger partial charge in [0.1, 0.15) is 11.5 Å². The van der Waals surface area contributed by atoms with Gasteiger partial charge in [-0.1, -0.05) is 23.4 Å². The molecule has 0 saturated heterocycles. The molecule has 1 aliphatic heterocycles. The number of fused-ring (bicyclic) bond motifs is 1. The van der Waals surface area contributed by atoms with Gasteiger partial charge < -0.3 is 9.42 Å². The van der Waals surface area contributed by atoms with Crippen LogP contribution in [0.15, 0.2) is 34.9 Å². The molecule has 0 spiro atoms. The minimum absolute atomic E-state index is 0.0184. The van der Waals surface area contributed by atoms with Crippen LogP contribution in [0.5, 0.6) is 0 Å². The van der Waals surface area contributed by atoms with Gasteiger partial charge in [-0.2, -0.15) is 0 Å². The number of nitrogens with zero attached hydrogens (tertiary/aromatic N) is 2. The van der Waals surface area contributed by atoms with E-state index >= 15 is 0 Å². The molecule has 1 aromatic carbocycles. The van der Waals surface area contributed by atoms with Crippen LogP contribution in [0.1, 0.15) is 30.4 Å². The summed E-state index contributed by atoms with van der Waals surface area (Å²) in [6.07, 6.45) is 1.72. The third-order valence-electron chi connectivity index (χ3n) is 4.17. The molecule has 3 rings (SSSR count). The van der Waals surface area contributed by atoms with Crippen molar-refractivity contribution in [2.45, 2.75) is 38.5 Å². The van der Waals surface area contributed by atoms with Crippen molar-refractivity contribution in [2.75, 3.05) is 10.7 Å². The van der Waals surface area contributed by atoms with Gasteiger partial charge in [-0.25, -0.2) is 8.42 Å². The molecule has 2 heterocycles. The summed E-state index contributed by atoms with van der Waals surface area (Å²) in [5, 5.41) is 3.68. The standard InChI is InChI=1S/C17H20N2O4S/c1-12-9-15(23-18-12)10-24(21,22)11-17(20)19-13(2)7-8-14-5-3-4-6-16(14)19/h3-6,9,13H,7-8,10-11H2,1-2H3. The highest BCUT2D eigenvalue weighted by Gasteiger charge is 2.31. The topological polar surface area (TPSA) is 80.5 Å². The number of aryl methyl sites for hydroxylation is 2. The monoisotopic (exact) mass is 348 g/mol. The molecule has 1 aliphatic rings. The van der Waals surface area contributed by atoms with Gasteiger partial charge in [-0.15, -0.1) is 0 Å². The maximum absolute atomic E-state index is 12.7. The van der Waals surface area contributed by atoms with Crippen molar-refractivity contribution < 1.29 is 17.7 Å². The highest BCUT2D eigenvalue weighted by atomic mass is 32.2. The molecule has 0 bridgehead atoms. The summed E-state index contributed by atoms with van der Waals surface area (Å²) < 4.78 is 29.6. The molecule has 1 atom stereocenters. The van der Waals surface area contributed by atoms with E-state index in [2.05, 4.69) is 5.16 Å². The lowest BCUT2D eigenvalue weighted by atomic mass is 9.97. The van der Waals surface area contributed by atoms with Crippen LogP contribution in [-0.4, -0.2) is 31.3 Å². The first-order valence-corrected chi connectivity index (χ1v) is 9.70. The number of hydrogen-bond acceptors (Lipinski definition) is 5. The Balaban J connectivity index is 1.79. The second-order valence-corrected chi connectivity index (χ2v) is 8.31. The van der Waals surface area contributed by atoms with Crippen molar-refractivity contribution in [1.82, 2.24) is 5.16 Å². The van der Waals surface area contributed by atoms with Crippen LogP contribution in [0.3, 0.4) is 0 Å². The summed E-state index contributed by atoms with van der Waals surface area (Å²) in [6.45, 7) is 3.66. The van der Waals surface area contributed by atoms with Crippen molar-refractivity contribution in [2.24, 2.45) is 0 Å². The summed E-state index contributed by atoms with van der Waals surface area (Å²) >= 11 is 0. The fourth-order valence-electron chi connectivity index (χ4n) is 3.08. The number of para-hydroxylation sites is 1. The van der Waals surface area contributed by atoms with Gasteiger partial charge in [0.2, 0.25) is 5.91 Å². The average molecular weight is 348 g/mol. The highest BCUT2D eigenvalue weighted by Crippen LogP contribution is 2.30. The quantitative estimate of drug-likeness (QED) is 0.847. The van der Waals surface area contributed by atoms with Crippen molar-refractivity contribution in [3.63, 3.8) is 0 Å². The fraction of sp³-hybridized carbons (Fsp3) is 0.412. The highest BCUT2D eigenvalue weighted by molar-refractivity contribution is 7.91. The molecule has 1 aromatic heterocycles. The number of hydrogen-bond donors (Lipinski definition) is 0. The zero-order valence-corrected chi connectivity index (χ0v) is 14.5. The molecule has 128 valence electrons. The van der Waals surface area contributed by atoms with Crippen LogP contribution < -0.4 is 4.90 Å². The Hall–Kier alpha value is -2.15. The van der Waals surface area contributed by atoms with E-state index in [1.54, 1.807) is 17.9 Å². The van der Waals surface area contributed by atoms with E-state index in [0.717, 1.165) is 24.1 Å². The van der Waals surface area contributed by atoms with Gasteiger partial charge in [0.25, 0.3) is 0 Å². The van der Waals surface area contributed by atoms with Crippen LogP contribution in [-0.2, 0) is 26.8 Å². The molecule has 7 heteroatoms. The summed E-state index contributed by atoms with van der Waals surface area (Å²) in [6, 6.07) is 9.20. The summed E-state index contributed by atoms with van der Waals surface area (Å²) in [5.74, 6) is -0.993. The van der Waals surface area contributed by atoms with Crippen LogP contribution >= 0.6 is 0 Å². The molecule has 1 unspecified atom stereocenters. The number of carbonyl (C=O) groups excluding carboxylic acids is 1. The van der Waals surface area contributed by atoms with Crippen molar-refractivity contribution in [1.29, 1.82) is 0 Å². The third-order valence-corrected chi connectivity index (χ3v) is 5.59. The maximum atomic E-state index is 12.7. The third kappa shape index (κ3) is 3.51. The number of rotatable bonds is 4.